The standard InChI is InChI=1S/C25H23FN6/c1-31-10-12-32(13-11-31)19-7-9-21-23(15-19)30-25(28-21)17-4-8-20-22(14-17)29-24(27-20)16-2-5-18(26)6-3-16/h2-9,14-15H,10-13H2,1H3,(H,27,29)(H,28,30). The van der Waals surface area contributed by atoms with Crippen LogP contribution in [0.25, 0.3) is 44.8 Å². The second-order valence-corrected chi connectivity index (χ2v) is 8.40. The normalized spacial score (nSPS) is 15.1. The monoisotopic (exact) mass is 426 g/mol. The molecule has 1 aliphatic rings. The van der Waals surface area contributed by atoms with E-state index in [0.29, 0.717) is 0 Å². The lowest BCUT2D eigenvalue weighted by Crippen LogP contribution is -2.44. The first-order valence-electron chi connectivity index (χ1n) is 10.8. The van der Waals surface area contributed by atoms with Gasteiger partial charge in [-0.3, -0.25) is 0 Å². The molecule has 0 amide bonds. The van der Waals surface area contributed by atoms with Crippen LogP contribution in [0.2, 0.25) is 0 Å². The number of piperazine rings is 1. The highest BCUT2D eigenvalue weighted by molar-refractivity contribution is 5.87. The minimum absolute atomic E-state index is 0.257. The average molecular weight is 426 g/mol. The molecule has 0 atom stereocenters. The fourth-order valence-electron chi connectivity index (χ4n) is 4.30. The van der Waals surface area contributed by atoms with Crippen molar-refractivity contribution in [2.75, 3.05) is 38.1 Å². The highest BCUT2D eigenvalue weighted by Crippen LogP contribution is 2.28. The van der Waals surface area contributed by atoms with Crippen LogP contribution in [0, 0.1) is 5.82 Å². The van der Waals surface area contributed by atoms with E-state index in [-0.39, 0.29) is 5.82 Å². The highest BCUT2D eigenvalue weighted by atomic mass is 19.1. The molecular weight excluding hydrogens is 403 g/mol. The van der Waals surface area contributed by atoms with Gasteiger partial charge in [0.15, 0.2) is 0 Å². The number of aromatic nitrogens is 4. The van der Waals surface area contributed by atoms with E-state index in [9.17, 15) is 4.39 Å². The van der Waals surface area contributed by atoms with Crippen molar-refractivity contribution < 1.29 is 4.39 Å². The van der Waals surface area contributed by atoms with Crippen LogP contribution in [0.1, 0.15) is 0 Å². The van der Waals surface area contributed by atoms with Crippen molar-refractivity contribution >= 4 is 27.8 Å². The van der Waals surface area contributed by atoms with Crippen molar-refractivity contribution in [1.82, 2.24) is 24.8 Å². The number of hydrogen-bond acceptors (Lipinski definition) is 4. The molecule has 0 aliphatic carbocycles. The maximum absolute atomic E-state index is 13.2. The van der Waals surface area contributed by atoms with Crippen molar-refractivity contribution in [3.8, 4) is 22.8 Å². The summed E-state index contributed by atoms with van der Waals surface area (Å²) in [5.41, 5.74) is 6.84. The molecule has 160 valence electrons. The van der Waals surface area contributed by atoms with Gasteiger partial charge in [0.1, 0.15) is 17.5 Å². The zero-order valence-corrected chi connectivity index (χ0v) is 17.8. The maximum Gasteiger partial charge on any atom is 0.138 e. The molecule has 3 heterocycles. The largest absolute Gasteiger partial charge is 0.369 e. The van der Waals surface area contributed by atoms with E-state index in [0.717, 1.165) is 71.0 Å². The predicted octanol–water partition coefficient (Wildman–Crippen LogP) is 4.66. The number of fused-ring (bicyclic) bond motifs is 2. The molecule has 1 aliphatic heterocycles. The summed E-state index contributed by atoms with van der Waals surface area (Å²) in [4.78, 5) is 21.1. The van der Waals surface area contributed by atoms with Crippen LogP contribution in [-0.4, -0.2) is 58.1 Å². The van der Waals surface area contributed by atoms with Crippen LogP contribution in [-0.2, 0) is 0 Å². The van der Waals surface area contributed by atoms with Crippen LogP contribution >= 0.6 is 0 Å². The van der Waals surface area contributed by atoms with E-state index in [1.165, 1.54) is 17.8 Å². The second kappa shape index (κ2) is 7.46. The third kappa shape index (κ3) is 3.40. The van der Waals surface area contributed by atoms with Crippen LogP contribution in [0.4, 0.5) is 10.1 Å². The van der Waals surface area contributed by atoms with Crippen LogP contribution in [0.15, 0.2) is 60.7 Å². The minimum atomic E-state index is -0.257. The fraction of sp³-hybridized carbons (Fsp3) is 0.200. The number of nitrogens with zero attached hydrogens (tertiary/aromatic N) is 4. The van der Waals surface area contributed by atoms with E-state index in [2.05, 4.69) is 56.1 Å². The summed E-state index contributed by atoms with van der Waals surface area (Å²) in [6.07, 6.45) is 0. The lowest BCUT2D eigenvalue weighted by Gasteiger charge is -2.34. The Morgan fingerprint density at radius 1 is 0.719 bits per heavy atom. The Balaban J connectivity index is 1.32. The molecule has 6 rings (SSSR count). The first-order valence-corrected chi connectivity index (χ1v) is 10.8. The van der Waals surface area contributed by atoms with Gasteiger partial charge in [-0.15, -0.1) is 0 Å². The van der Waals surface area contributed by atoms with Gasteiger partial charge in [0.25, 0.3) is 0 Å². The summed E-state index contributed by atoms with van der Waals surface area (Å²) in [7, 11) is 2.17. The van der Waals surface area contributed by atoms with E-state index < -0.39 is 0 Å². The van der Waals surface area contributed by atoms with E-state index in [4.69, 9.17) is 4.98 Å². The number of likely N-dealkylation sites (N-methyl/N-ethyl adjacent to an activating group) is 1. The smallest absolute Gasteiger partial charge is 0.138 e. The zero-order valence-electron chi connectivity index (χ0n) is 17.8. The molecule has 2 N–H and O–H groups in total. The Kier molecular flexibility index (Phi) is 4.43. The quantitative estimate of drug-likeness (QED) is 0.440. The van der Waals surface area contributed by atoms with Gasteiger partial charge in [0, 0.05) is 43.0 Å². The van der Waals surface area contributed by atoms with Gasteiger partial charge in [-0.25, -0.2) is 14.4 Å². The summed E-state index contributed by atoms with van der Waals surface area (Å²) >= 11 is 0. The number of imidazole rings is 2. The third-order valence-corrected chi connectivity index (χ3v) is 6.21. The Morgan fingerprint density at radius 2 is 1.31 bits per heavy atom. The second-order valence-electron chi connectivity index (χ2n) is 8.40. The number of anilines is 1. The van der Waals surface area contributed by atoms with Crippen molar-refractivity contribution in [1.29, 1.82) is 0 Å². The van der Waals surface area contributed by atoms with Crippen LogP contribution < -0.4 is 4.90 Å². The molecule has 32 heavy (non-hydrogen) atoms. The first-order chi connectivity index (χ1) is 15.6. The van der Waals surface area contributed by atoms with Gasteiger partial charge < -0.3 is 19.8 Å². The highest BCUT2D eigenvalue weighted by Gasteiger charge is 2.16. The molecule has 0 saturated carbocycles. The number of halogens is 1. The number of nitrogens with one attached hydrogen (secondary N) is 2. The molecule has 7 heteroatoms. The number of H-pyrrole nitrogens is 2. The van der Waals surface area contributed by atoms with Crippen molar-refractivity contribution in [3.05, 3.63) is 66.5 Å². The summed E-state index contributed by atoms with van der Waals surface area (Å²) in [5.74, 6) is 1.29. The van der Waals surface area contributed by atoms with Crippen LogP contribution in [0.3, 0.4) is 0 Å². The van der Waals surface area contributed by atoms with Crippen molar-refractivity contribution in [2.24, 2.45) is 0 Å². The molecule has 6 nitrogen and oxygen atoms in total. The molecule has 1 saturated heterocycles. The summed E-state index contributed by atoms with van der Waals surface area (Å²) in [6.45, 7) is 4.23. The zero-order chi connectivity index (χ0) is 21.7. The Morgan fingerprint density at radius 3 is 2.03 bits per heavy atom. The molecular formula is C25H23FN6. The molecule has 0 unspecified atom stereocenters. The van der Waals surface area contributed by atoms with Gasteiger partial charge in [0.2, 0.25) is 0 Å². The number of aromatic amines is 2. The van der Waals surface area contributed by atoms with Gasteiger partial charge in [-0.2, -0.15) is 0 Å². The number of benzene rings is 3. The SMILES string of the molecule is CN1CCN(c2ccc3nc(-c4ccc5nc(-c6ccc(F)cc6)[nH]c5c4)[nH]c3c2)CC1. The average Bonchev–Trinajstić information content (AvgIpc) is 3.43. The summed E-state index contributed by atoms with van der Waals surface area (Å²) < 4.78 is 13.2. The lowest BCUT2D eigenvalue weighted by molar-refractivity contribution is 0.313. The Labute approximate surface area is 184 Å². The molecule has 3 aromatic carbocycles. The van der Waals surface area contributed by atoms with E-state index in [1.54, 1.807) is 12.1 Å². The van der Waals surface area contributed by atoms with Crippen molar-refractivity contribution in [2.45, 2.75) is 0 Å². The van der Waals surface area contributed by atoms with Crippen LogP contribution in [0.5, 0.6) is 0 Å². The van der Waals surface area contributed by atoms with Crippen molar-refractivity contribution in [3.63, 3.8) is 0 Å². The molecule has 1 fully saturated rings. The van der Waals surface area contributed by atoms with Gasteiger partial charge >= 0.3 is 0 Å². The summed E-state index contributed by atoms with van der Waals surface area (Å²) in [5, 5.41) is 0. The van der Waals surface area contributed by atoms with E-state index >= 15 is 0 Å². The Hall–Kier alpha value is -3.71. The molecule has 0 radical (unpaired) electrons. The van der Waals surface area contributed by atoms with Gasteiger partial charge in [-0.05, 0) is 67.7 Å². The maximum atomic E-state index is 13.2. The molecule has 5 aromatic rings. The molecule has 0 spiro atoms. The number of rotatable bonds is 3. The third-order valence-electron chi connectivity index (χ3n) is 6.21. The fourth-order valence-corrected chi connectivity index (χ4v) is 4.30. The molecule has 0 bridgehead atoms. The van der Waals surface area contributed by atoms with E-state index in [1.807, 2.05) is 12.1 Å². The summed E-state index contributed by atoms with van der Waals surface area (Å²) in [6, 6.07) is 18.8. The predicted molar refractivity (Wildman–Crippen MR) is 126 cm³/mol. The number of hydrogen-bond donors (Lipinski definition) is 2. The molecule has 2 aromatic heterocycles. The first kappa shape index (κ1) is 19.0. The minimum Gasteiger partial charge on any atom is -0.369 e. The van der Waals surface area contributed by atoms with Gasteiger partial charge in [-0.1, -0.05) is 0 Å². The Bertz CT molecular complexity index is 1410. The van der Waals surface area contributed by atoms with Gasteiger partial charge in [0.05, 0.1) is 22.1 Å². The topological polar surface area (TPSA) is 63.8 Å². The lowest BCUT2D eigenvalue weighted by atomic mass is 10.2.